The monoisotopic (exact) mass is 444 g/mol. The lowest BCUT2D eigenvalue weighted by Gasteiger charge is -2.35. The highest BCUT2D eigenvalue weighted by Gasteiger charge is 2.18. The number of carbonyl (C=O) groups excluding carboxylic acids is 2. The van der Waals surface area contributed by atoms with Crippen LogP contribution < -0.4 is 21.3 Å². The standard InChI is InChI=1S/C25H28N6O2/c1-18(32)30-11-13-31(14-12-30)21-9-7-20(8-10-21)29-24-15-23(22(17-28-24)25(26)33)27-16-19-5-3-2-4-6-19/h2-10,15,17H,11-14,16H2,1H3,(H2,26,33)(H2,27,28,29). The summed E-state index contributed by atoms with van der Waals surface area (Å²) >= 11 is 0. The summed E-state index contributed by atoms with van der Waals surface area (Å²) in [5, 5.41) is 6.57. The number of anilines is 4. The van der Waals surface area contributed by atoms with E-state index >= 15 is 0 Å². The molecular formula is C25H28N6O2. The van der Waals surface area contributed by atoms with Crippen molar-refractivity contribution in [1.82, 2.24) is 9.88 Å². The molecule has 1 aliphatic rings. The van der Waals surface area contributed by atoms with Crippen LogP contribution in [0.15, 0.2) is 66.9 Å². The Morgan fingerprint density at radius 1 is 1.00 bits per heavy atom. The fourth-order valence-corrected chi connectivity index (χ4v) is 3.84. The molecule has 0 radical (unpaired) electrons. The van der Waals surface area contributed by atoms with Crippen LogP contribution in [0.1, 0.15) is 22.8 Å². The molecule has 170 valence electrons. The van der Waals surface area contributed by atoms with E-state index < -0.39 is 5.91 Å². The van der Waals surface area contributed by atoms with E-state index in [1.807, 2.05) is 47.4 Å². The van der Waals surface area contributed by atoms with E-state index in [4.69, 9.17) is 5.73 Å². The number of amides is 2. The highest BCUT2D eigenvalue weighted by Crippen LogP contribution is 2.24. The first-order chi connectivity index (χ1) is 16.0. The minimum absolute atomic E-state index is 0.127. The third-order valence-corrected chi connectivity index (χ3v) is 5.73. The van der Waals surface area contributed by atoms with Gasteiger partial charge in [0.05, 0.1) is 11.3 Å². The predicted molar refractivity (Wildman–Crippen MR) is 131 cm³/mol. The fraction of sp³-hybridized carbons (Fsp3) is 0.240. The predicted octanol–water partition coefficient (Wildman–Crippen LogP) is 3.20. The van der Waals surface area contributed by atoms with Crippen LogP contribution in [0.2, 0.25) is 0 Å². The largest absolute Gasteiger partial charge is 0.380 e. The molecule has 2 heterocycles. The van der Waals surface area contributed by atoms with Crippen molar-refractivity contribution >= 4 is 34.7 Å². The van der Waals surface area contributed by atoms with Crippen LogP contribution >= 0.6 is 0 Å². The minimum Gasteiger partial charge on any atom is -0.380 e. The Bertz CT molecular complexity index is 1110. The maximum Gasteiger partial charge on any atom is 0.252 e. The summed E-state index contributed by atoms with van der Waals surface area (Å²) in [4.78, 5) is 31.9. The Morgan fingerprint density at radius 2 is 1.70 bits per heavy atom. The molecule has 1 aliphatic heterocycles. The Kier molecular flexibility index (Phi) is 6.73. The number of hydrogen-bond acceptors (Lipinski definition) is 6. The molecule has 8 heteroatoms. The molecule has 2 amide bonds. The van der Waals surface area contributed by atoms with E-state index in [2.05, 4.69) is 32.7 Å². The van der Waals surface area contributed by atoms with Crippen molar-refractivity contribution in [3.63, 3.8) is 0 Å². The molecule has 3 aromatic rings. The summed E-state index contributed by atoms with van der Waals surface area (Å²) in [6.45, 7) is 5.30. The first-order valence-electron chi connectivity index (χ1n) is 10.9. The summed E-state index contributed by atoms with van der Waals surface area (Å²) in [5.74, 6) is 0.207. The van der Waals surface area contributed by atoms with Crippen molar-refractivity contribution in [3.8, 4) is 0 Å². The molecule has 0 saturated carbocycles. The first kappa shape index (κ1) is 22.1. The van der Waals surface area contributed by atoms with E-state index in [1.165, 1.54) is 6.20 Å². The average molecular weight is 445 g/mol. The highest BCUT2D eigenvalue weighted by molar-refractivity contribution is 5.98. The fourth-order valence-electron chi connectivity index (χ4n) is 3.84. The molecule has 1 fully saturated rings. The quantitative estimate of drug-likeness (QED) is 0.517. The second-order valence-corrected chi connectivity index (χ2v) is 7.98. The van der Waals surface area contributed by atoms with Crippen LogP contribution in [0.25, 0.3) is 0 Å². The minimum atomic E-state index is -0.529. The van der Waals surface area contributed by atoms with Crippen molar-refractivity contribution < 1.29 is 9.59 Å². The van der Waals surface area contributed by atoms with Gasteiger partial charge in [-0.2, -0.15) is 0 Å². The van der Waals surface area contributed by atoms with E-state index in [0.717, 1.165) is 43.1 Å². The molecule has 0 unspecified atom stereocenters. The zero-order valence-electron chi connectivity index (χ0n) is 18.6. The molecule has 33 heavy (non-hydrogen) atoms. The van der Waals surface area contributed by atoms with Gasteiger partial charge in [-0.15, -0.1) is 0 Å². The molecule has 2 aromatic carbocycles. The molecule has 4 N–H and O–H groups in total. The van der Waals surface area contributed by atoms with Crippen LogP contribution in [0.5, 0.6) is 0 Å². The number of benzene rings is 2. The third kappa shape index (κ3) is 5.60. The summed E-state index contributed by atoms with van der Waals surface area (Å²) in [6, 6.07) is 19.8. The molecular weight excluding hydrogens is 416 g/mol. The van der Waals surface area contributed by atoms with Crippen molar-refractivity contribution in [2.24, 2.45) is 5.73 Å². The smallest absolute Gasteiger partial charge is 0.252 e. The van der Waals surface area contributed by atoms with Crippen molar-refractivity contribution in [2.75, 3.05) is 41.7 Å². The first-order valence-corrected chi connectivity index (χ1v) is 10.9. The maximum atomic E-state index is 11.8. The lowest BCUT2D eigenvalue weighted by molar-refractivity contribution is -0.129. The number of nitrogens with two attached hydrogens (primary N) is 1. The number of primary amides is 1. The maximum absolute atomic E-state index is 11.8. The summed E-state index contributed by atoms with van der Waals surface area (Å²) in [7, 11) is 0. The second-order valence-electron chi connectivity index (χ2n) is 7.98. The number of nitrogens with one attached hydrogen (secondary N) is 2. The van der Waals surface area contributed by atoms with Crippen molar-refractivity contribution in [2.45, 2.75) is 13.5 Å². The zero-order chi connectivity index (χ0) is 23.2. The Hall–Kier alpha value is -4.07. The van der Waals surface area contributed by atoms with Gasteiger partial charge in [-0.1, -0.05) is 30.3 Å². The molecule has 4 rings (SSSR count). The molecule has 1 aromatic heterocycles. The van der Waals surface area contributed by atoms with E-state index in [9.17, 15) is 9.59 Å². The highest BCUT2D eigenvalue weighted by atomic mass is 16.2. The van der Waals surface area contributed by atoms with Gasteiger partial charge >= 0.3 is 0 Å². The summed E-state index contributed by atoms with van der Waals surface area (Å²) in [6.07, 6.45) is 1.49. The number of rotatable bonds is 7. The van der Waals surface area contributed by atoms with E-state index in [0.29, 0.717) is 23.6 Å². The van der Waals surface area contributed by atoms with E-state index in [1.54, 1.807) is 13.0 Å². The van der Waals surface area contributed by atoms with Gasteiger partial charge in [0.1, 0.15) is 5.82 Å². The third-order valence-electron chi connectivity index (χ3n) is 5.73. The normalized spacial score (nSPS) is 13.5. The molecule has 0 bridgehead atoms. The van der Waals surface area contributed by atoms with Crippen LogP contribution in [-0.2, 0) is 11.3 Å². The van der Waals surface area contributed by atoms with Gasteiger partial charge < -0.3 is 26.2 Å². The van der Waals surface area contributed by atoms with Crippen LogP contribution in [-0.4, -0.2) is 47.9 Å². The molecule has 0 spiro atoms. The van der Waals surface area contributed by atoms with Crippen LogP contribution in [0, 0.1) is 0 Å². The van der Waals surface area contributed by atoms with Gasteiger partial charge in [0.2, 0.25) is 5.91 Å². The van der Waals surface area contributed by atoms with Crippen molar-refractivity contribution in [3.05, 3.63) is 78.0 Å². The SMILES string of the molecule is CC(=O)N1CCN(c2ccc(Nc3cc(NCc4ccccc4)c(C(N)=O)cn3)cc2)CC1. The lowest BCUT2D eigenvalue weighted by Crippen LogP contribution is -2.48. The van der Waals surface area contributed by atoms with E-state index in [-0.39, 0.29) is 5.91 Å². The van der Waals surface area contributed by atoms with Gasteiger partial charge in [0.15, 0.2) is 0 Å². The Balaban J connectivity index is 1.43. The number of pyridine rings is 1. The summed E-state index contributed by atoms with van der Waals surface area (Å²) in [5.41, 5.74) is 9.60. The van der Waals surface area contributed by atoms with Gasteiger partial charge in [-0.3, -0.25) is 9.59 Å². The lowest BCUT2D eigenvalue weighted by atomic mass is 10.2. The molecule has 0 atom stereocenters. The van der Waals surface area contributed by atoms with Gasteiger partial charge in [0.25, 0.3) is 5.91 Å². The molecule has 1 saturated heterocycles. The molecule has 0 aliphatic carbocycles. The Labute approximate surface area is 193 Å². The number of hydrogen-bond donors (Lipinski definition) is 3. The average Bonchev–Trinajstić information content (AvgIpc) is 2.84. The van der Waals surface area contributed by atoms with Crippen LogP contribution in [0.3, 0.4) is 0 Å². The van der Waals surface area contributed by atoms with Crippen molar-refractivity contribution in [1.29, 1.82) is 0 Å². The number of piperazine rings is 1. The number of nitrogens with zero attached hydrogens (tertiary/aromatic N) is 3. The number of carbonyl (C=O) groups is 2. The second kappa shape index (κ2) is 10.0. The van der Waals surface area contributed by atoms with Crippen LogP contribution in [0.4, 0.5) is 22.9 Å². The van der Waals surface area contributed by atoms with Gasteiger partial charge in [-0.05, 0) is 29.8 Å². The summed E-state index contributed by atoms with van der Waals surface area (Å²) < 4.78 is 0. The topological polar surface area (TPSA) is 104 Å². The van der Waals surface area contributed by atoms with Gasteiger partial charge in [-0.25, -0.2) is 4.98 Å². The molecule has 8 nitrogen and oxygen atoms in total. The Morgan fingerprint density at radius 3 is 2.33 bits per heavy atom. The van der Waals surface area contributed by atoms with Gasteiger partial charge in [0, 0.05) is 63.3 Å². The zero-order valence-corrected chi connectivity index (χ0v) is 18.6. The number of aromatic nitrogens is 1.